The van der Waals surface area contributed by atoms with Gasteiger partial charge in [0.15, 0.2) is 5.82 Å². The van der Waals surface area contributed by atoms with Crippen molar-refractivity contribution >= 4 is 23.9 Å². The highest BCUT2D eigenvalue weighted by molar-refractivity contribution is 7.99. The van der Waals surface area contributed by atoms with Crippen molar-refractivity contribution in [2.24, 2.45) is 0 Å². The zero-order chi connectivity index (χ0) is 34.0. The number of benzene rings is 5. The van der Waals surface area contributed by atoms with Gasteiger partial charge < -0.3 is 0 Å². The normalized spacial score (nSPS) is 11.8. The second kappa shape index (κ2) is 13.5. The van der Waals surface area contributed by atoms with Crippen molar-refractivity contribution in [3.63, 3.8) is 0 Å². The molecule has 240 valence electrons. The van der Waals surface area contributed by atoms with E-state index in [1.54, 1.807) is 6.20 Å². The van der Waals surface area contributed by atoms with Gasteiger partial charge in [0.2, 0.25) is 0 Å². The Kier molecular flexibility index (Phi) is 8.08. The molecule has 1 aliphatic heterocycles. The molecule has 0 aliphatic carbocycles. The standard InChI is InChI=1S/C46H30N4S/c1-2-12-33(13-3-1)42-28-43(50-46(49-42)36-24-25-41(48-30-36)35-14-10-26-47-29-35)34-23-22-32-21-20-31-11-4-5-15-37(31)38-16-6-8-18-44(38)51-45-19-9-7-17-39(45)40(32)27-34/h1-30H. The average Bonchev–Trinajstić information content (AvgIpc) is 3.23. The number of fused-ring (bicyclic) bond motifs is 6. The van der Waals surface area contributed by atoms with Crippen LogP contribution in [0.25, 0.3) is 79.6 Å². The van der Waals surface area contributed by atoms with Gasteiger partial charge in [-0.3, -0.25) is 9.97 Å². The summed E-state index contributed by atoms with van der Waals surface area (Å²) in [6.07, 6.45) is 9.91. The smallest absolute Gasteiger partial charge is 0.161 e. The third-order valence-electron chi connectivity index (χ3n) is 9.10. The molecule has 4 heterocycles. The summed E-state index contributed by atoms with van der Waals surface area (Å²) in [4.78, 5) is 21.7. The summed E-state index contributed by atoms with van der Waals surface area (Å²) in [5.74, 6) is 0.622. The van der Waals surface area contributed by atoms with Gasteiger partial charge in [0.1, 0.15) is 0 Å². The van der Waals surface area contributed by atoms with E-state index in [0.717, 1.165) is 50.5 Å². The summed E-state index contributed by atoms with van der Waals surface area (Å²) in [6.45, 7) is 0. The largest absolute Gasteiger partial charge is 0.264 e. The molecule has 8 aromatic rings. The monoisotopic (exact) mass is 670 g/mol. The van der Waals surface area contributed by atoms with Crippen molar-refractivity contribution in [1.29, 1.82) is 0 Å². The van der Waals surface area contributed by atoms with Crippen molar-refractivity contribution in [3.8, 4) is 67.4 Å². The van der Waals surface area contributed by atoms with Crippen LogP contribution in [0.1, 0.15) is 11.1 Å². The number of hydrogen-bond acceptors (Lipinski definition) is 5. The van der Waals surface area contributed by atoms with E-state index in [4.69, 9.17) is 15.0 Å². The molecule has 0 radical (unpaired) electrons. The number of hydrogen-bond donors (Lipinski definition) is 0. The van der Waals surface area contributed by atoms with Crippen LogP contribution in [0.3, 0.4) is 0 Å². The van der Waals surface area contributed by atoms with E-state index < -0.39 is 0 Å². The van der Waals surface area contributed by atoms with Crippen LogP contribution in [-0.2, 0) is 0 Å². The summed E-state index contributed by atoms with van der Waals surface area (Å²) < 4.78 is 0. The molecular weight excluding hydrogens is 641 g/mol. The molecule has 0 N–H and O–H groups in total. The lowest BCUT2D eigenvalue weighted by Gasteiger charge is -2.15. The lowest BCUT2D eigenvalue weighted by molar-refractivity contribution is 1.17. The molecule has 0 fully saturated rings. The van der Waals surface area contributed by atoms with Crippen LogP contribution in [0, 0.1) is 0 Å². The van der Waals surface area contributed by atoms with Crippen molar-refractivity contribution in [3.05, 3.63) is 181 Å². The van der Waals surface area contributed by atoms with E-state index in [2.05, 4.69) is 126 Å². The second-order valence-corrected chi connectivity index (χ2v) is 13.4. The van der Waals surface area contributed by atoms with Gasteiger partial charge in [-0.2, -0.15) is 0 Å². The van der Waals surface area contributed by atoms with Crippen LogP contribution in [0.5, 0.6) is 0 Å². The first kappa shape index (κ1) is 30.6. The van der Waals surface area contributed by atoms with E-state index >= 15 is 0 Å². The fraction of sp³-hybridized carbons (Fsp3) is 0. The van der Waals surface area contributed by atoms with Crippen LogP contribution in [-0.4, -0.2) is 19.9 Å². The van der Waals surface area contributed by atoms with E-state index in [9.17, 15) is 0 Å². The molecule has 0 atom stereocenters. The zero-order valence-corrected chi connectivity index (χ0v) is 28.3. The number of rotatable bonds is 4. The number of aromatic nitrogens is 4. The maximum atomic E-state index is 5.17. The van der Waals surface area contributed by atoms with Crippen molar-refractivity contribution < 1.29 is 0 Å². The Morgan fingerprint density at radius 3 is 1.75 bits per heavy atom. The molecule has 3 aromatic heterocycles. The molecule has 5 heteroatoms. The van der Waals surface area contributed by atoms with E-state index in [1.807, 2.05) is 66.6 Å². The molecule has 5 aromatic carbocycles. The summed E-state index contributed by atoms with van der Waals surface area (Å²) in [7, 11) is 0. The van der Waals surface area contributed by atoms with E-state index in [1.165, 1.54) is 32.0 Å². The predicted octanol–water partition coefficient (Wildman–Crippen LogP) is 11.9. The average molecular weight is 671 g/mol. The Morgan fingerprint density at radius 2 is 1.02 bits per heavy atom. The van der Waals surface area contributed by atoms with Gasteiger partial charge in [-0.25, -0.2) is 9.97 Å². The maximum Gasteiger partial charge on any atom is 0.161 e. The summed E-state index contributed by atoms with van der Waals surface area (Å²) in [5, 5.41) is 0. The molecule has 0 saturated heterocycles. The Labute approximate surface area is 301 Å². The molecule has 0 amide bonds. The third kappa shape index (κ3) is 6.16. The highest BCUT2D eigenvalue weighted by Crippen LogP contribution is 2.44. The van der Waals surface area contributed by atoms with Gasteiger partial charge in [-0.05, 0) is 81.9 Å². The molecular formula is C46H30N4S. The minimum Gasteiger partial charge on any atom is -0.264 e. The van der Waals surface area contributed by atoms with Gasteiger partial charge in [0.05, 0.1) is 17.1 Å². The molecule has 0 bridgehead atoms. The van der Waals surface area contributed by atoms with E-state index in [0.29, 0.717) is 5.82 Å². The molecule has 0 saturated carbocycles. The van der Waals surface area contributed by atoms with Crippen LogP contribution in [0.15, 0.2) is 180 Å². The molecule has 0 spiro atoms. The van der Waals surface area contributed by atoms with Gasteiger partial charge >= 0.3 is 0 Å². The first-order chi connectivity index (χ1) is 25.3. The SMILES string of the molecule is C1=Cc2ccc(-c3cc(-c4ccccc4)nc(-c4ccc(-c5cccnc5)nc4)n3)cc2-c2ccccc2Sc2ccccc2-c2ccccc21. The fourth-order valence-corrected chi connectivity index (χ4v) is 7.63. The number of nitrogens with zero attached hydrogens (tertiary/aromatic N) is 4. The Balaban J connectivity index is 1.21. The maximum absolute atomic E-state index is 5.17. The molecule has 4 nitrogen and oxygen atoms in total. The first-order valence-corrected chi connectivity index (χ1v) is 17.7. The highest BCUT2D eigenvalue weighted by atomic mass is 32.2. The molecule has 1 aliphatic rings. The predicted molar refractivity (Wildman–Crippen MR) is 210 cm³/mol. The third-order valence-corrected chi connectivity index (χ3v) is 10.3. The topological polar surface area (TPSA) is 51.6 Å². The summed E-state index contributed by atoms with van der Waals surface area (Å²) in [5.41, 5.74) is 13.5. The molecule has 51 heavy (non-hydrogen) atoms. The minimum atomic E-state index is 0.622. The van der Waals surface area contributed by atoms with Crippen molar-refractivity contribution in [1.82, 2.24) is 19.9 Å². The second-order valence-electron chi connectivity index (χ2n) is 12.3. The van der Waals surface area contributed by atoms with Crippen LogP contribution < -0.4 is 0 Å². The van der Waals surface area contributed by atoms with E-state index in [-0.39, 0.29) is 0 Å². The van der Waals surface area contributed by atoms with Crippen LogP contribution in [0.2, 0.25) is 0 Å². The van der Waals surface area contributed by atoms with Crippen molar-refractivity contribution in [2.45, 2.75) is 9.79 Å². The Hall–Kier alpha value is -6.43. The number of pyridine rings is 2. The van der Waals surface area contributed by atoms with Crippen LogP contribution in [0.4, 0.5) is 0 Å². The fourth-order valence-electron chi connectivity index (χ4n) is 6.53. The Morgan fingerprint density at radius 1 is 0.392 bits per heavy atom. The molecule has 9 rings (SSSR count). The molecule has 0 unspecified atom stereocenters. The van der Waals surface area contributed by atoms with Gasteiger partial charge in [0.25, 0.3) is 0 Å². The van der Waals surface area contributed by atoms with Crippen LogP contribution >= 0.6 is 11.8 Å². The van der Waals surface area contributed by atoms with Gasteiger partial charge in [-0.15, -0.1) is 0 Å². The lowest BCUT2D eigenvalue weighted by atomic mass is 9.94. The first-order valence-electron chi connectivity index (χ1n) is 16.9. The summed E-state index contributed by atoms with van der Waals surface area (Å²) >= 11 is 1.81. The summed E-state index contributed by atoms with van der Waals surface area (Å²) in [6, 6.07) is 53.0. The highest BCUT2D eigenvalue weighted by Gasteiger charge is 2.18. The van der Waals surface area contributed by atoms with Gasteiger partial charge in [0, 0.05) is 50.6 Å². The van der Waals surface area contributed by atoms with Crippen molar-refractivity contribution in [2.75, 3.05) is 0 Å². The minimum absolute atomic E-state index is 0.622. The lowest BCUT2D eigenvalue weighted by Crippen LogP contribution is -1.97. The van der Waals surface area contributed by atoms with Gasteiger partial charge in [-0.1, -0.05) is 127 Å². The zero-order valence-electron chi connectivity index (χ0n) is 27.5. The Bertz CT molecular complexity index is 2550. The quantitative estimate of drug-likeness (QED) is 0.186.